The summed E-state index contributed by atoms with van der Waals surface area (Å²) >= 11 is 0. The van der Waals surface area contributed by atoms with Crippen LogP contribution >= 0.6 is 0 Å². The average Bonchev–Trinajstić information content (AvgIpc) is 2.45. The predicted octanol–water partition coefficient (Wildman–Crippen LogP) is 1.95. The molecule has 0 aliphatic heterocycles. The predicted molar refractivity (Wildman–Crippen MR) is 34.6 cm³/mol. The summed E-state index contributed by atoms with van der Waals surface area (Å²) in [6, 6.07) is 2.40. The van der Waals surface area contributed by atoms with E-state index < -0.39 is 0 Å². The molecule has 9 heavy (non-hydrogen) atoms. The maximum absolute atomic E-state index is 8.64. The largest absolute Gasteiger partial charge is 0.198 e. The quantitative estimate of drug-likeness (QED) is 0.480. The van der Waals surface area contributed by atoms with Gasteiger partial charge >= 0.3 is 0 Å². The van der Waals surface area contributed by atoms with Gasteiger partial charge in [-0.2, -0.15) is 5.26 Å². The second-order valence-electron chi connectivity index (χ2n) is 3.41. The fraction of sp³-hybridized carbons (Fsp3) is 0.875. The van der Waals surface area contributed by atoms with Gasteiger partial charge in [0.2, 0.25) is 0 Å². The molecule has 0 saturated heterocycles. The van der Waals surface area contributed by atoms with Gasteiger partial charge in [-0.25, -0.2) is 0 Å². The van der Waals surface area contributed by atoms with Crippen molar-refractivity contribution in [1.29, 1.82) is 5.26 Å². The van der Waals surface area contributed by atoms with Gasteiger partial charge in [0.25, 0.3) is 0 Å². The molecule has 0 aromatic carbocycles. The molecule has 0 heterocycles. The van der Waals surface area contributed by atoms with Crippen LogP contribution < -0.4 is 0 Å². The van der Waals surface area contributed by atoms with Crippen molar-refractivity contribution in [2.24, 2.45) is 17.8 Å². The molecule has 2 rings (SSSR count). The Balaban J connectivity index is 2.12. The van der Waals surface area contributed by atoms with Crippen molar-refractivity contribution in [2.45, 2.75) is 25.7 Å². The Morgan fingerprint density at radius 1 is 1.22 bits per heavy atom. The molecule has 3 atom stereocenters. The molecule has 0 amide bonds. The smallest absolute Gasteiger partial charge is 0.0658 e. The van der Waals surface area contributed by atoms with Crippen LogP contribution in [0.1, 0.15) is 25.7 Å². The second-order valence-corrected chi connectivity index (χ2v) is 3.41. The van der Waals surface area contributed by atoms with Gasteiger partial charge in [-0.05, 0) is 31.1 Å². The van der Waals surface area contributed by atoms with Gasteiger partial charge in [0.05, 0.1) is 6.07 Å². The summed E-state index contributed by atoms with van der Waals surface area (Å²) in [5, 5.41) is 8.64. The summed E-state index contributed by atoms with van der Waals surface area (Å²) in [7, 11) is 0. The van der Waals surface area contributed by atoms with E-state index in [1.807, 2.05) is 0 Å². The van der Waals surface area contributed by atoms with Gasteiger partial charge in [0.1, 0.15) is 0 Å². The Hall–Kier alpha value is -0.510. The van der Waals surface area contributed by atoms with E-state index in [9.17, 15) is 0 Å². The van der Waals surface area contributed by atoms with Crippen LogP contribution in [0.2, 0.25) is 0 Å². The lowest BCUT2D eigenvalue weighted by Crippen LogP contribution is -2.06. The third-order valence-electron chi connectivity index (χ3n) is 2.90. The van der Waals surface area contributed by atoms with Crippen molar-refractivity contribution in [3.05, 3.63) is 0 Å². The van der Waals surface area contributed by atoms with Gasteiger partial charge in [-0.1, -0.05) is 6.42 Å². The van der Waals surface area contributed by atoms with E-state index in [1.165, 1.54) is 25.7 Å². The fourth-order valence-corrected chi connectivity index (χ4v) is 2.40. The number of hydrogen-bond donors (Lipinski definition) is 0. The van der Waals surface area contributed by atoms with Crippen molar-refractivity contribution < 1.29 is 0 Å². The van der Waals surface area contributed by atoms with Crippen LogP contribution in [0.4, 0.5) is 0 Å². The van der Waals surface area contributed by atoms with Gasteiger partial charge in [0.15, 0.2) is 0 Å². The average molecular weight is 121 g/mol. The first-order valence-electron chi connectivity index (χ1n) is 3.80. The van der Waals surface area contributed by atoms with Crippen LogP contribution in [0.15, 0.2) is 0 Å². The van der Waals surface area contributed by atoms with Crippen molar-refractivity contribution in [2.75, 3.05) is 0 Å². The van der Waals surface area contributed by atoms with Crippen molar-refractivity contribution in [3.63, 3.8) is 0 Å². The molecule has 0 N–H and O–H groups in total. The lowest BCUT2D eigenvalue weighted by molar-refractivity contribution is 0.402. The third kappa shape index (κ3) is 0.660. The van der Waals surface area contributed by atoms with Crippen molar-refractivity contribution in [3.8, 4) is 6.07 Å². The Labute approximate surface area is 55.7 Å². The number of nitrogens with zero attached hydrogens (tertiary/aromatic N) is 1. The van der Waals surface area contributed by atoms with E-state index in [1.54, 1.807) is 0 Å². The molecular formula is C8H11N. The first-order valence-corrected chi connectivity index (χ1v) is 3.80. The van der Waals surface area contributed by atoms with E-state index in [4.69, 9.17) is 5.26 Å². The summed E-state index contributed by atoms with van der Waals surface area (Å²) < 4.78 is 0. The van der Waals surface area contributed by atoms with E-state index >= 15 is 0 Å². The molecule has 2 aliphatic carbocycles. The van der Waals surface area contributed by atoms with Gasteiger partial charge in [-0.3, -0.25) is 0 Å². The second kappa shape index (κ2) is 1.73. The number of rotatable bonds is 0. The minimum absolute atomic E-state index is 0.434. The number of hydrogen-bond acceptors (Lipinski definition) is 1. The van der Waals surface area contributed by atoms with Crippen LogP contribution in [-0.4, -0.2) is 0 Å². The molecule has 1 nitrogen and oxygen atoms in total. The van der Waals surface area contributed by atoms with Crippen molar-refractivity contribution >= 4 is 0 Å². The van der Waals surface area contributed by atoms with Crippen LogP contribution in [0.5, 0.6) is 0 Å². The third-order valence-corrected chi connectivity index (χ3v) is 2.90. The van der Waals surface area contributed by atoms with Crippen molar-refractivity contribution in [1.82, 2.24) is 0 Å². The molecule has 0 unspecified atom stereocenters. The topological polar surface area (TPSA) is 23.8 Å². The lowest BCUT2D eigenvalue weighted by Gasteiger charge is -2.12. The first-order chi connectivity index (χ1) is 4.40. The van der Waals surface area contributed by atoms with Crippen LogP contribution in [0, 0.1) is 29.1 Å². The Bertz CT molecular complexity index is 156. The summed E-state index contributed by atoms with van der Waals surface area (Å²) in [4.78, 5) is 0. The standard InChI is InChI=1S/C8H11N/c9-5-8-4-6-1-2-7(8)3-6/h6-8H,1-4H2/t6-,7+,8+/m1/s1. The molecule has 1 heteroatoms. The zero-order valence-electron chi connectivity index (χ0n) is 5.51. The molecule has 0 aromatic heterocycles. The fourth-order valence-electron chi connectivity index (χ4n) is 2.40. The van der Waals surface area contributed by atoms with E-state index in [2.05, 4.69) is 6.07 Å². The SMILES string of the molecule is N#C[C@@H]1C[C@@H]2CC[C@H]1C2. The highest BCUT2D eigenvalue weighted by Gasteiger charge is 2.39. The molecule has 0 radical (unpaired) electrons. The highest BCUT2D eigenvalue weighted by atomic mass is 14.4. The molecule has 2 saturated carbocycles. The van der Waals surface area contributed by atoms with E-state index in [0.29, 0.717) is 5.92 Å². The summed E-state index contributed by atoms with van der Waals surface area (Å²) in [6.07, 6.45) is 5.31. The lowest BCUT2D eigenvalue weighted by atomic mass is 9.90. The Kier molecular flexibility index (Phi) is 1.02. The van der Waals surface area contributed by atoms with Gasteiger partial charge < -0.3 is 0 Å². The maximum atomic E-state index is 8.64. The monoisotopic (exact) mass is 121 g/mol. The summed E-state index contributed by atoms with van der Waals surface area (Å²) in [5.74, 6) is 2.16. The highest BCUT2D eigenvalue weighted by Crippen LogP contribution is 2.47. The summed E-state index contributed by atoms with van der Waals surface area (Å²) in [5.41, 5.74) is 0. The number of nitriles is 1. The molecule has 2 bridgehead atoms. The molecule has 2 aliphatic rings. The van der Waals surface area contributed by atoms with Crippen LogP contribution in [0.25, 0.3) is 0 Å². The zero-order chi connectivity index (χ0) is 6.27. The molecule has 2 fully saturated rings. The molecule has 0 aromatic rings. The summed E-state index contributed by atoms with van der Waals surface area (Å²) in [6.45, 7) is 0. The van der Waals surface area contributed by atoms with Crippen LogP contribution in [-0.2, 0) is 0 Å². The highest BCUT2D eigenvalue weighted by molar-refractivity contribution is 4.99. The van der Waals surface area contributed by atoms with Gasteiger partial charge in [-0.15, -0.1) is 0 Å². The molecule has 48 valence electrons. The zero-order valence-corrected chi connectivity index (χ0v) is 5.51. The minimum atomic E-state index is 0.434. The maximum Gasteiger partial charge on any atom is 0.0658 e. The Morgan fingerprint density at radius 3 is 2.44 bits per heavy atom. The molecule has 0 spiro atoms. The molecular weight excluding hydrogens is 110 g/mol. The normalized spacial score (nSPS) is 47.2. The van der Waals surface area contributed by atoms with E-state index in [0.717, 1.165) is 11.8 Å². The van der Waals surface area contributed by atoms with E-state index in [-0.39, 0.29) is 0 Å². The van der Waals surface area contributed by atoms with Crippen LogP contribution in [0.3, 0.4) is 0 Å². The minimum Gasteiger partial charge on any atom is -0.198 e. The Morgan fingerprint density at radius 2 is 2.11 bits per heavy atom. The first kappa shape index (κ1) is 5.29. The number of fused-ring (bicyclic) bond motifs is 2. The van der Waals surface area contributed by atoms with Gasteiger partial charge in [0, 0.05) is 5.92 Å².